The Morgan fingerprint density at radius 3 is 1.34 bits per heavy atom. The van der Waals surface area contributed by atoms with E-state index >= 15 is 0 Å². The molecule has 0 radical (unpaired) electrons. The summed E-state index contributed by atoms with van der Waals surface area (Å²) < 4.78 is 7.69. The molecule has 0 spiro atoms. The first-order valence-corrected chi connectivity index (χ1v) is 27.3. The van der Waals surface area contributed by atoms with Gasteiger partial charge in [-0.25, -0.2) is 0 Å². The van der Waals surface area contributed by atoms with Crippen molar-refractivity contribution in [3.63, 3.8) is 0 Å². The minimum atomic E-state index is -0.139. The number of hydrogen-bond acceptors (Lipinski definition) is 1. The number of rotatable bonds is 3. The average molecular weight is 975 g/mol. The van der Waals surface area contributed by atoms with E-state index in [1.165, 1.54) is 132 Å². The number of aromatic nitrogens is 4. The SMILES string of the molecule is CC1(C)C2=C(CCC=C2)c2cc3c(cc21)c1ccccc1n3-c1cc2nccc(-n3c4ccccc4c4cc5c(cc43)-c3ccccc3C5(C)C)c2cc1-n1c2ccccc2c2cc3c(cc21)-c1ccccc1C3(C)C. The largest absolute Gasteiger partial charge is 0.308 e. The highest BCUT2D eigenvalue weighted by Crippen LogP contribution is 2.55. The molecule has 76 heavy (non-hydrogen) atoms. The zero-order valence-electron chi connectivity index (χ0n) is 43.7. The molecule has 0 saturated heterocycles. The molecule has 4 aliphatic carbocycles. The van der Waals surface area contributed by atoms with Gasteiger partial charge in [-0.05, 0) is 152 Å². The van der Waals surface area contributed by atoms with Crippen LogP contribution in [0.2, 0.25) is 0 Å². The molecule has 17 rings (SSSR count). The highest BCUT2D eigenvalue weighted by molar-refractivity contribution is 6.16. The summed E-state index contributed by atoms with van der Waals surface area (Å²) in [5.41, 5.74) is 27.6. The lowest BCUT2D eigenvalue weighted by atomic mass is 9.80. The molecule has 4 heteroatoms. The van der Waals surface area contributed by atoms with Crippen LogP contribution in [0.25, 0.3) is 121 Å². The van der Waals surface area contributed by atoms with E-state index in [0.29, 0.717) is 0 Å². The predicted octanol–water partition coefficient (Wildman–Crippen LogP) is 18.5. The second-order valence-corrected chi connectivity index (χ2v) is 23.8. The van der Waals surface area contributed by atoms with Crippen molar-refractivity contribution in [2.45, 2.75) is 70.6 Å². The van der Waals surface area contributed by atoms with Crippen LogP contribution < -0.4 is 0 Å². The van der Waals surface area contributed by atoms with Gasteiger partial charge in [0.2, 0.25) is 0 Å². The topological polar surface area (TPSA) is 27.7 Å². The Bertz CT molecular complexity index is 4900. The zero-order valence-corrected chi connectivity index (χ0v) is 43.7. The minimum Gasteiger partial charge on any atom is -0.308 e. The van der Waals surface area contributed by atoms with Gasteiger partial charge in [0.05, 0.1) is 55.7 Å². The monoisotopic (exact) mass is 974 g/mol. The lowest BCUT2D eigenvalue weighted by molar-refractivity contribution is 0.652. The van der Waals surface area contributed by atoms with Crippen LogP contribution in [0.4, 0.5) is 0 Å². The van der Waals surface area contributed by atoms with E-state index < -0.39 is 0 Å². The third kappa shape index (κ3) is 5.22. The summed E-state index contributed by atoms with van der Waals surface area (Å²) in [5, 5.41) is 8.66. The van der Waals surface area contributed by atoms with Gasteiger partial charge in [-0.15, -0.1) is 0 Å². The van der Waals surface area contributed by atoms with E-state index in [4.69, 9.17) is 4.98 Å². The smallest absolute Gasteiger partial charge is 0.0745 e. The molecule has 0 saturated carbocycles. The summed E-state index contributed by atoms with van der Waals surface area (Å²) in [6.45, 7) is 14.4. The van der Waals surface area contributed by atoms with Crippen LogP contribution in [0.1, 0.15) is 87.8 Å². The molecule has 0 bridgehead atoms. The molecule has 0 unspecified atom stereocenters. The number of benzene rings is 9. The molecule has 0 N–H and O–H groups in total. The molecular weight excluding hydrogens is 921 g/mol. The van der Waals surface area contributed by atoms with Gasteiger partial charge in [0, 0.05) is 60.1 Å². The molecule has 0 atom stereocenters. The zero-order chi connectivity index (χ0) is 50.7. The summed E-state index contributed by atoms with van der Waals surface area (Å²) >= 11 is 0. The van der Waals surface area contributed by atoms with Crippen LogP contribution in [0.15, 0.2) is 200 Å². The minimum absolute atomic E-state index is 0.0870. The van der Waals surface area contributed by atoms with Crippen LogP contribution >= 0.6 is 0 Å². The number of nitrogens with zero attached hydrogens (tertiary/aromatic N) is 4. The standard InChI is InChI=1S/C72H54N4/c1-70(2)54-25-13-7-19-41(54)47-36-65-50(33-57(47)70)44-22-10-16-28-61(44)74(65)64-31-32-73-60-40-69(76-63-30-18-12-24-46(63)52-35-59-49(38-67(52)76)43-21-9-15-27-56(43)72(59,5)6)68(39-53(60)64)75-62-29-17-11-23-45(62)51-34-58-48(37-66(51)75)42-20-8-14-26-55(42)71(58,3)4/h7-8,10-20,22-40H,9,21H2,1-6H3. The number of pyridine rings is 1. The molecular formula is C72H54N4. The number of para-hydroxylation sites is 3. The molecule has 9 aromatic carbocycles. The number of fused-ring (bicyclic) bond motifs is 18. The van der Waals surface area contributed by atoms with Crippen molar-refractivity contribution < 1.29 is 0 Å². The lowest BCUT2D eigenvalue weighted by Gasteiger charge is -2.24. The summed E-state index contributed by atoms with van der Waals surface area (Å²) in [6, 6.07) is 67.4. The Morgan fingerprint density at radius 1 is 0.355 bits per heavy atom. The van der Waals surface area contributed by atoms with E-state index in [0.717, 1.165) is 40.8 Å². The second-order valence-electron chi connectivity index (χ2n) is 23.8. The molecule has 0 aliphatic heterocycles. The van der Waals surface area contributed by atoms with E-state index in [9.17, 15) is 0 Å². The molecule has 4 nitrogen and oxygen atoms in total. The van der Waals surface area contributed by atoms with Gasteiger partial charge in [-0.3, -0.25) is 4.98 Å². The highest BCUT2D eigenvalue weighted by Gasteiger charge is 2.40. The number of hydrogen-bond donors (Lipinski definition) is 0. The van der Waals surface area contributed by atoms with Gasteiger partial charge >= 0.3 is 0 Å². The van der Waals surface area contributed by atoms with Crippen LogP contribution in [-0.4, -0.2) is 18.7 Å². The van der Waals surface area contributed by atoms with Crippen LogP contribution in [0.5, 0.6) is 0 Å². The van der Waals surface area contributed by atoms with Gasteiger partial charge in [-0.2, -0.15) is 0 Å². The maximum atomic E-state index is 5.36. The van der Waals surface area contributed by atoms with E-state index in [1.54, 1.807) is 0 Å². The molecule has 4 aromatic heterocycles. The van der Waals surface area contributed by atoms with Gasteiger partial charge < -0.3 is 13.7 Å². The predicted molar refractivity (Wildman–Crippen MR) is 318 cm³/mol. The fourth-order valence-corrected chi connectivity index (χ4v) is 15.3. The van der Waals surface area contributed by atoms with Crippen molar-refractivity contribution in [1.29, 1.82) is 0 Å². The average Bonchev–Trinajstić information content (AvgIpc) is 4.23. The third-order valence-corrected chi connectivity index (χ3v) is 18.9. The molecule has 362 valence electrons. The second kappa shape index (κ2) is 14.3. The van der Waals surface area contributed by atoms with E-state index in [1.807, 2.05) is 6.20 Å². The molecule has 0 fully saturated rings. The Balaban J connectivity index is 1.02. The van der Waals surface area contributed by atoms with Crippen LogP contribution in [0.3, 0.4) is 0 Å². The van der Waals surface area contributed by atoms with Gasteiger partial charge in [-0.1, -0.05) is 157 Å². The summed E-state index contributed by atoms with van der Waals surface area (Å²) in [6.07, 6.45) is 8.93. The fraction of sp³-hybridized carbons (Fsp3) is 0.153. The van der Waals surface area contributed by atoms with Gasteiger partial charge in [0.1, 0.15) is 0 Å². The van der Waals surface area contributed by atoms with E-state index in [2.05, 4.69) is 243 Å². The maximum Gasteiger partial charge on any atom is 0.0745 e. The Hall–Kier alpha value is -8.73. The summed E-state index contributed by atoms with van der Waals surface area (Å²) in [4.78, 5) is 5.36. The number of allylic oxidation sites excluding steroid dienone is 4. The summed E-state index contributed by atoms with van der Waals surface area (Å²) in [7, 11) is 0. The first-order chi connectivity index (χ1) is 37.0. The van der Waals surface area contributed by atoms with Crippen molar-refractivity contribution in [2.75, 3.05) is 0 Å². The molecule has 13 aromatic rings. The van der Waals surface area contributed by atoms with Crippen molar-refractivity contribution >= 4 is 81.9 Å². The fourth-order valence-electron chi connectivity index (χ4n) is 15.3. The third-order valence-electron chi connectivity index (χ3n) is 18.9. The molecule has 4 aliphatic rings. The van der Waals surface area contributed by atoms with Crippen molar-refractivity contribution in [2.24, 2.45) is 0 Å². The van der Waals surface area contributed by atoms with Crippen LogP contribution in [-0.2, 0) is 16.2 Å². The van der Waals surface area contributed by atoms with Gasteiger partial charge in [0.15, 0.2) is 0 Å². The first-order valence-electron chi connectivity index (χ1n) is 27.3. The summed E-state index contributed by atoms with van der Waals surface area (Å²) in [5.74, 6) is 0. The quantitative estimate of drug-likeness (QED) is 0.173. The highest BCUT2D eigenvalue weighted by atomic mass is 15.1. The van der Waals surface area contributed by atoms with Gasteiger partial charge in [0.25, 0.3) is 0 Å². The van der Waals surface area contributed by atoms with Crippen molar-refractivity contribution in [3.05, 3.63) is 233 Å². The Labute approximate surface area is 441 Å². The van der Waals surface area contributed by atoms with Crippen molar-refractivity contribution in [3.8, 4) is 39.3 Å². The first kappa shape index (κ1) is 42.6. The Morgan fingerprint density at radius 2 is 0.803 bits per heavy atom. The van der Waals surface area contributed by atoms with Crippen molar-refractivity contribution in [1.82, 2.24) is 18.7 Å². The maximum absolute atomic E-state index is 5.36. The van der Waals surface area contributed by atoms with Crippen LogP contribution in [0, 0.1) is 0 Å². The molecule has 0 amide bonds. The Kier molecular flexibility index (Phi) is 8.04. The normalized spacial score (nSPS) is 16.4. The van der Waals surface area contributed by atoms with E-state index in [-0.39, 0.29) is 16.2 Å². The lowest BCUT2D eigenvalue weighted by Crippen LogP contribution is -2.16. The molecule has 4 heterocycles.